The number of rotatable bonds is 4. The molecule has 1 fully saturated rings. The van der Waals surface area contributed by atoms with Gasteiger partial charge < -0.3 is 9.52 Å². The van der Waals surface area contributed by atoms with Crippen molar-refractivity contribution in [2.75, 3.05) is 13.2 Å². The second kappa shape index (κ2) is 5.45. The van der Waals surface area contributed by atoms with Gasteiger partial charge in [0.2, 0.25) is 0 Å². The Bertz CT molecular complexity index is 523. The molecule has 0 saturated carbocycles. The highest BCUT2D eigenvalue weighted by Gasteiger charge is 2.30. The Labute approximate surface area is 116 Å². The zero-order valence-electron chi connectivity index (χ0n) is 11.0. The number of aliphatic hydroxyl groups is 1. The van der Waals surface area contributed by atoms with Crippen LogP contribution >= 0.6 is 11.3 Å². The summed E-state index contributed by atoms with van der Waals surface area (Å²) in [6, 6.07) is 4.07. The van der Waals surface area contributed by atoms with E-state index in [1.165, 1.54) is 0 Å². The van der Waals surface area contributed by atoms with Crippen molar-refractivity contribution in [3.63, 3.8) is 0 Å². The van der Waals surface area contributed by atoms with Gasteiger partial charge in [-0.25, -0.2) is 4.98 Å². The molecule has 102 valence electrons. The van der Waals surface area contributed by atoms with E-state index in [4.69, 9.17) is 4.42 Å². The van der Waals surface area contributed by atoms with Gasteiger partial charge in [-0.15, -0.1) is 11.3 Å². The first kappa shape index (κ1) is 12.8. The molecule has 0 bridgehead atoms. The average Bonchev–Trinajstić information content (AvgIpc) is 3.11. The van der Waals surface area contributed by atoms with Crippen LogP contribution in [0.25, 0.3) is 10.8 Å². The summed E-state index contributed by atoms with van der Waals surface area (Å²) in [7, 11) is 0. The topological polar surface area (TPSA) is 49.5 Å². The summed E-state index contributed by atoms with van der Waals surface area (Å²) in [5.74, 6) is 1.39. The first-order valence-corrected chi connectivity index (χ1v) is 7.49. The van der Waals surface area contributed by atoms with Gasteiger partial charge in [0.15, 0.2) is 10.8 Å². The molecule has 1 aliphatic rings. The highest BCUT2D eigenvalue weighted by atomic mass is 32.1. The van der Waals surface area contributed by atoms with E-state index in [1.807, 2.05) is 12.1 Å². The fourth-order valence-corrected chi connectivity index (χ4v) is 3.46. The lowest BCUT2D eigenvalue weighted by Gasteiger charge is -2.23. The number of likely N-dealkylation sites (tertiary alicyclic amines) is 1. The summed E-state index contributed by atoms with van der Waals surface area (Å²) in [6.45, 7) is 4.29. The van der Waals surface area contributed by atoms with Gasteiger partial charge in [0.05, 0.1) is 18.6 Å². The number of aromatic nitrogens is 1. The Balaban J connectivity index is 1.71. The number of hydrogen-bond acceptors (Lipinski definition) is 5. The fraction of sp³-hybridized carbons (Fsp3) is 0.500. The monoisotopic (exact) mass is 278 g/mol. The van der Waals surface area contributed by atoms with Gasteiger partial charge in [0.1, 0.15) is 0 Å². The van der Waals surface area contributed by atoms with Crippen LogP contribution in [0.2, 0.25) is 0 Å². The van der Waals surface area contributed by atoms with E-state index in [9.17, 15) is 5.11 Å². The lowest BCUT2D eigenvalue weighted by atomic mass is 10.0. The van der Waals surface area contributed by atoms with Gasteiger partial charge >= 0.3 is 0 Å². The molecule has 2 atom stereocenters. The Morgan fingerprint density at radius 3 is 3.21 bits per heavy atom. The van der Waals surface area contributed by atoms with Crippen molar-refractivity contribution < 1.29 is 9.52 Å². The van der Waals surface area contributed by atoms with E-state index in [2.05, 4.69) is 22.2 Å². The summed E-state index contributed by atoms with van der Waals surface area (Å²) < 4.78 is 5.36. The van der Waals surface area contributed by atoms with Gasteiger partial charge in [0.25, 0.3) is 0 Å². The molecule has 1 N–H and O–H groups in total. The maximum atomic E-state index is 9.47. The standard InChI is InChI=1S/C14H18N2O2S/c1-10-4-5-16(12(10)8-17)7-11-9-19-14(15-11)13-3-2-6-18-13/h2-3,6,9-10,12,17H,4-5,7-8H2,1H3. The normalized spacial score (nSPS) is 24.1. The van der Waals surface area contributed by atoms with Crippen molar-refractivity contribution in [2.24, 2.45) is 5.92 Å². The number of nitrogens with zero attached hydrogens (tertiary/aromatic N) is 2. The van der Waals surface area contributed by atoms with Crippen LogP contribution in [0.4, 0.5) is 0 Å². The Morgan fingerprint density at radius 2 is 2.47 bits per heavy atom. The van der Waals surface area contributed by atoms with Crippen LogP contribution in [-0.4, -0.2) is 34.2 Å². The number of hydrogen-bond donors (Lipinski definition) is 1. The van der Waals surface area contributed by atoms with Crippen molar-refractivity contribution in [1.29, 1.82) is 0 Å². The minimum absolute atomic E-state index is 0.232. The van der Waals surface area contributed by atoms with Gasteiger partial charge in [-0.3, -0.25) is 4.90 Å². The molecule has 4 nitrogen and oxygen atoms in total. The molecule has 0 aliphatic carbocycles. The lowest BCUT2D eigenvalue weighted by Crippen LogP contribution is -2.34. The second-order valence-corrected chi connectivity index (χ2v) is 5.97. The van der Waals surface area contributed by atoms with Crippen molar-refractivity contribution in [1.82, 2.24) is 9.88 Å². The highest BCUT2D eigenvalue weighted by molar-refractivity contribution is 7.13. The maximum Gasteiger partial charge on any atom is 0.162 e. The van der Waals surface area contributed by atoms with E-state index >= 15 is 0 Å². The summed E-state index contributed by atoms with van der Waals surface area (Å²) in [5.41, 5.74) is 1.06. The van der Waals surface area contributed by atoms with Crippen LogP contribution in [0.15, 0.2) is 28.2 Å². The summed E-state index contributed by atoms with van der Waals surface area (Å²) in [4.78, 5) is 6.94. The van der Waals surface area contributed by atoms with E-state index in [1.54, 1.807) is 17.6 Å². The first-order valence-electron chi connectivity index (χ1n) is 6.61. The zero-order chi connectivity index (χ0) is 13.2. The van der Waals surface area contributed by atoms with Crippen molar-refractivity contribution in [3.8, 4) is 10.8 Å². The van der Waals surface area contributed by atoms with Crippen LogP contribution < -0.4 is 0 Å². The SMILES string of the molecule is CC1CCN(Cc2csc(-c3ccco3)n2)C1CO. The number of thiazole rings is 1. The maximum absolute atomic E-state index is 9.47. The zero-order valence-corrected chi connectivity index (χ0v) is 11.8. The smallest absolute Gasteiger partial charge is 0.162 e. The molecular weight excluding hydrogens is 260 g/mol. The average molecular weight is 278 g/mol. The predicted octanol–water partition coefficient (Wildman–Crippen LogP) is 2.61. The van der Waals surface area contributed by atoms with Gasteiger partial charge in [-0.2, -0.15) is 0 Å². The van der Waals surface area contributed by atoms with Crippen LogP contribution in [0.5, 0.6) is 0 Å². The third-order valence-electron chi connectivity index (χ3n) is 3.83. The molecule has 0 spiro atoms. The molecular formula is C14H18N2O2S. The van der Waals surface area contributed by atoms with Crippen LogP contribution in [-0.2, 0) is 6.54 Å². The number of aliphatic hydroxyl groups excluding tert-OH is 1. The van der Waals surface area contributed by atoms with E-state index < -0.39 is 0 Å². The number of furan rings is 1. The summed E-state index contributed by atoms with van der Waals surface area (Å²) >= 11 is 1.61. The fourth-order valence-electron chi connectivity index (χ4n) is 2.68. The van der Waals surface area contributed by atoms with E-state index in [0.29, 0.717) is 5.92 Å². The van der Waals surface area contributed by atoms with Crippen molar-refractivity contribution in [2.45, 2.75) is 25.9 Å². The highest BCUT2D eigenvalue weighted by Crippen LogP contribution is 2.28. The third-order valence-corrected chi connectivity index (χ3v) is 4.74. The van der Waals surface area contributed by atoms with Crippen molar-refractivity contribution in [3.05, 3.63) is 29.5 Å². The molecule has 0 aromatic carbocycles. The largest absolute Gasteiger partial charge is 0.462 e. The second-order valence-electron chi connectivity index (χ2n) is 5.11. The molecule has 2 unspecified atom stereocenters. The molecule has 0 amide bonds. The summed E-state index contributed by atoms with van der Waals surface area (Å²) in [6.07, 6.45) is 2.82. The Hall–Kier alpha value is -1.17. The quantitative estimate of drug-likeness (QED) is 0.934. The molecule has 3 heterocycles. The van der Waals surface area contributed by atoms with E-state index in [-0.39, 0.29) is 12.6 Å². The lowest BCUT2D eigenvalue weighted by molar-refractivity contribution is 0.133. The van der Waals surface area contributed by atoms with Gasteiger partial charge in [-0.05, 0) is 31.0 Å². The van der Waals surface area contributed by atoms with Crippen LogP contribution in [0.3, 0.4) is 0 Å². The van der Waals surface area contributed by atoms with Gasteiger partial charge in [0, 0.05) is 18.0 Å². The molecule has 1 saturated heterocycles. The minimum Gasteiger partial charge on any atom is -0.462 e. The molecule has 19 heavy (non-hydrogen) atoms. The minimum atomic E-state index is 0.232. The summed E-state index contributed by atoms with van der Waals surface area (Å²) in [5, 5.41) is 12.5. The predicted molar refractivity (Wildman–Crippen MR) is 74.9 cm³/mol. The Morgan fingerprint density at radius 1 is 1.58 bits per heavy atom. The Kier molecular flexibility index (Phi) is 3.68. The van der Waals surface area contributed by atoms with Crippen LogP contribution in [0.1, 0.15) is 19.0 Å². The molecule has 3 rings (SSSR count). The molecule has 0 radical (unpaired) electrons. The van der Waals surface area contributed by atoms with Crippen LogP contribution in [0, 0.1) is 5.92 Å². The molecule has 2 aromatic rings. The van der Waals surface area contributed by atoms with Gasteiger partial charge in [-0.1, -0.05) is 6.92 Å². The molecule has 2 aromatic heterocycles. The molecule has 5 heteroatoms. The van der Waals surface area contributed by atoms with Crippen molar-refractivity contribution >= 4 is 11.3 Å². The third kappa shape index (κ3) is 2.59. The molecule has 1 aliphatic heterocycles. The van der Waals surface area contributed by atoms with E-state index in [0.717, 1.165) is 36.0 Å². The first-order chi connectivity index (χ1) is 9.28.